The summed E-state index contributed by atoms with van der Waals surface area (Å²) in [5.41, 5.74) is -1.10. The summed E-state index contributed by atoms with van der Waals surface area (Å²) >= 11 is 0. The van der Waals surface area contributed by atoms with Crippen molar-refractivity contribution in [3.8, 4) is 0 Å². The van der Waals surface area contributed by atoms with Crippen LogP contribution in [0.3, 0.4) is 0 Å². The third-order valence-corrected chi connectivity index (χ3v) is 5.67. The summed E-state index contributed by atoms with van der Waals surface area (Å²) in [6.07, 6.45) is -4.92. The lowest BCUT2D eigenvalue weighted by Gasteiger charge is -2.32. The second-order valence-electron chi connectivity index (χ2n) is 7.91. The lowest BCUT2D eigenvalue weighted by molar-refractivity contribution is -0.385. The molecule has 0 spiro atoms. The number of nitrogens with zero attached hydrogens (tertiary/aromatic N) is 3. The van der Waals surface area contributed by atoms with E-state index in [2.05, 4.69) is 0 Å². The molecule has 1 aliphatic heterocycles. The first-order valence-electron chi connectivity index (χ1n) is 10.1. The molecule has 0 radical (unpaired) electrons. The molecular weight excluding hydrogens is 463 g/mol. The Kier molecular flexibility index (Phi) is 8.82. The van der Waals surface area contributed by atoms with E-state index in [1.807, 2.05) is 35.2 Å². The van der Waals surface area contributed by atoms with Crippen molar-refractivity contribution in [1.29, 1.82) is 0 Å². The minimum Gasteiger partial charge on any atom is -0.392 e. The van der Waals surface area contributed by atoms with Crippen molar-refractivity contribution in [3.63, 3.8) is 0 Å². The number of benzene rings is 2. The van der Waals surface area contributed by atoms with Gasteiger partial charge in [-0.1, -0.05) is 36.4 Å². The van der Waals surface area contributed by atoms with E-state index in [9.17, 15) is 33.2 Å². The van der Waals surface area contributed by atoms with Crippen molar-refractivity contribution < 1.29 is 28.0 Å². The predicted octanol–water partition coefficient (Wildman–Crippen LogP) is 3.84. The Balaban J connectivity index is 0.00000385. The number of likely N-dealkylation sites (tertiary alicyclic amines) is 1. The van der Waals surface area contributed by atoms with Crippen LogP contribution in [0.1, 0.15) is 29.2 Å². The van der Waals surface area contributed by atoms with Crippen LogP contribution in [0.4, 0.5) is 18.9 Å². The average Bonchev–Trinajstić information content (AvgIpc) is 3.16. The summed E-state index contributed by atoms with van der Waals surface area (Å²) in [6.45, 7) is 1.62. The van der Waals surface area contributed by atoms with Gasteiger partial charge in [0.15, 0.2) is 0 Å². The fraction of sp³-hybridized carbons (Fsp3) is 0.409. The van der Waals surface area contributed by atoms with Crippen LogP contribution in [0.5, 0.6) is 0 Å². The minimum absolute atomic E-state index is 0. The first-order valence-corrected chi connectivity index (χ1v) is 10.1. The van der Waals surface area contributed by atoms with Crippen LogP contribution in [0.2, 0.25) is 0 Å². The number of carbonyl (C=O) groups is 1. The molecule has 1 amide bonds. The normalized spacial score (nSPS) is 17.3. The van der Waals surface area contributed by atoms with E-state index in [1.165, 1.54) is 4.90 Å². The molecule has 2 aromatic carbocycles. The number of nitro groups is 1. The number of aliphatic hydroxyl groups excluding tert-OH is 1. The quantitative estimate of drug-likeness (QED) is 0.473. The number of nitro benzene ring substituents is 1. The van der Waals surface area contributed by atoms with Crippen LogP contribution in [0, 0.1) is 10.1 Å². The van der Waals surface area contributed by atoms with Gasteiger partial charge in [-0.05, 0) is 18.1 Å². The number of aliphatic hydroxyl groups is 1. The van der Waals surface area contributed by atoms with Gasteiger partial charge in [0.25, 0.3) is 5.69 Å². The molecule has 0 aromatic heterocycles. The number of hydrogen-bond donors (Lipinski definition) is 1. The summed E-state index contributed by atoms with van der Waals surface area (Å²) in [4.78, 5) is 27.0. The largest absolute Gasteiger partial charge is 0.416 e. The highest BCUT2D eigenvalue weighted by atomic mass is 35.5. The van der Waals surface area contributed by atoms with Gasteiger partial charge in [-0.25, -0.2) is 0 Å². The molecule has 0 bridgehead atoms. The van der Waals surface area contributed by atoms with E-state index in [-0.39, 0.29) is 24.0 Å². The van der Waals surface area contributed by atoms with Gasteiger partial charge >= 0.3 is 6.18 Å². The number of amides is 1. The zero-order chi connectivity index (χ0) is 23.5. The molecule has 2 aromatic rings. The molecule has 11 heteroatoms. The standard InChI is InChI=1S/C22H24F3N3O4.ClH/c1-26(20(15-5-3-2-4-6-15)14-27-10-9-18(29)13-27)21(30)11-16-7-8-17(22(23,24)25)12-19(16)28(31)32;/h2-8,12,18,20,29H,9-11,13-14H2,1H3;1H/t18-,20+;/m0./s1. The van der Waals surface area contributed by atoms with Gasteiger partial charge in [0.05, 0.1) is 29.1 Å². The third-order valence-electron chi connectivity index (χ3n) is 5.67. The maximum absolute atomic E-state index is 13.0. The topological polar surface area (TPSA) is 86.9 Å². The fourth-order valence-electron chi connectivity index (χ4n) is 3.87. The summed E-state index contributed by atoms with van der Waals surface area (Å²) < 4.78 is 38.8. The van der Waals surface area contributed by atoms with Gasteiger partial charge in [-0.15, -0.1) is 12.4 Å². The SMILES string of the molecule is CN(C(=O)Cc1ccc(C(F)(F)F)cc1[N+](=O)[O-])[C@H](CN1CC[C@H](O)C1)c1ccccc1.Cl. The highest BCUT2D eigenvalue weighted by Gasteiger charge is 2.34. The van der Waals surface area contributed by atoms with Crippen molar-refractivity contribution in [3.05, 3.63) is 75.3 Å². The molecule has 0 saturated carbocycles. The van der Waals surface area contributed by atoms with E-state index in [0.717, 1.165) is 17.7 Å². The van der Waals surface area contributed by atoms with Crippen LogP contribution in [0.25, 0.3) is 0 Å². The molecule has 33 heavy (non-hydrogen) atoms. The molecule has 1 saturated heterocycles. The van der Waals surface area contributed by atoms with Gasteiger partial charge in [0.1, 0.15) is 0 Å². The molecule has 1 fully saturated rings. The molecule has 1 N–H and O–H groups in total. The first-order chi connectivity index (χ1) is 15.1. The van der Waals surface area contributed by atoms with Crippen LogP contribution >= 0.6 is 12.4 Å². The molecule has 180 valence electrons. The fourth-order valence-corrected chi connectivity index (χ4v) is 3.87. The number of carbonyl (C=O) groups excluding carboxylic acids is 1. The monoisotopic (exact) mass is 487 g/mol. The summed E-state index contributed by atoms with van der Waals surface area (Å²) in [6, 6.07) is 11.0. The number of likely N-dealkylation sites (N-methyl/N-ethyl adjacent to an activating group) is 1. The van der Waals surface area contributed by atoms with Crippen molar-refractivity contribution in [1.82, 2.24) is 9.80 Å². The maximum atomic E-state index is 13.0. The van der Waals surface area contributed by atoms with E-state index in [1.54, 1.807) is 7.05 Å². The molecule has 0 unspecified atom stereocenters. The molecular formula is C22H25ClF3N3O4. The number of rotatable bonds is 7. The van der Waals surface area contributed by atoms with Crippen molar-refractivity contribution in [2.75, 3.05) is 26.7 Å². The smallest absolute Gasteiger partial charge is 0.392 e. The van der Waals surface area contributed by atoms with Crippen LogP contribution < -0.4 is 0 Å². The first kappa shape index (κ1) is 26.6. The Morgan fingerprint density at radius 3 is 2.48 bits per heavy atom. The average molecular weight is 488 g/mol. The Morgan fingerprint density at radius 2 is 1.94 bits per heavy atom. The lowest BCUT2D eigenvalue weighted by atomic mass is 10.0. The van der Waals surface area contributed by atoms with Crippen LogP contribution in [0.15, 0.2) is 48.5 Å². The number of alkyl halides is 3. The third kappa shape index (κ3) is 6.66. The van der Waals surface area contributed by atoms with Gasteiger partial charge in [0.2, 0.25) is 5.91 Å². The number of halogens is 4. The van der Waals surface area contributed by atoms with Gasteiger partial charge in [0, 0.05) is 38.3 Å². The van der Waals surface area contributed by atoms with Gasteiger partial charge in [-0.3, -0.25) is 19.8 Å². The Labute approximate surface area is 195 Å². The van der Waals surface area contributed by atoms with Crippen molar-refractivity contribution in [2.45, 2.75) is 31.2 Å². The van der Waals surface area contributed by atoms with E-state index >= 15 is 0 Å². The zero-order valence-corrected chi connectivity index (χ0v) is 18.7. The van der Waals surface area contributed by atoms with Gasteiger partial charge in [-0.2, -0.15) is 13.2 Å². The number of β-amino-alcohol motifs (C(OH)–C–C–N with tert-alkyl or cyclic N) is 1. The highest BCUT2D eigenvalue weighted by molar-refractivity contribution is 5.85. The van der Waals surface area contributed by atoms with Crippen LogP contribution in [-0.4, -0.2) is 58.5 Å². The summed E-state index contributed by atoms with van der Waals surface area (Å²) in [5.74, 6) is -0.457. The van der Waals surface area contributed by atoms with Crippen molar-refractivity contribution in [2.24, 2.45) is 0 Å². The molecule has 7 nitrogen and oxygen atoms in total. The van der Waals surface area contributed by atoms with E-state index < -0.39 is 40.8 Å². The molecule has 2 atom stereocenters. The Morgan fingerprint density at radius 1 is 1.27 bits per heavy atom. The summed E-state index contributed by atoms with van der Waals surface area (Å²) in [5, 5.41) is 21.2. The second kappa shape index (κ2) is 11.0. The summed E-state index contributed by atoms with van der Waals surface area (Å²) in [7, 11) is 1.57. The minimum atomic E-state index is -4.72. The highest BCUT2D eigenvalue weighted by Crippen LogP contribution is 2.33. The van der Waals surface area contributed by atoms with Crippen molar-refractivity contribution >= 4 is 24.0 Å². The van der Waals surface area contributed by atoms with Crippen LogP contribution in [-0.2, 0) is 17.4 Å². The molecule has 1 heterocycles. The second-order valence-corrected chi connectivity index (χ2v) is 7.91. The van der Waals surface area contributed by atoms with E-state index in [0.29, 0.717) is 32.1 Å². The Hall–Kier alpha value is -2.69. The lowest BCUT2D eigenvalue weighted by Crippen LogP contribution is -2.39. The predicted molar refractivity (Wildman–Crippen MR) is 118 cm³/mol. The molecule has 3 rings (SSSR count). The Bertz CT molecular complexity index is 975. The maximum Gasteiger partial charge on any atom is 0.416 e. The van der Waals surface area contributed by atoms with Gasteiger partial charge < -0.3 is 10.0 Å². The van der Waals surface area contributed by atoms with E-state index in [4.69, 9.17) is 0 Å². The molecule has 0 aliphatic carbocycles. The zero-order valence-electron chi connectivity index (χ0n) is 17.9. The number of hydrogen-bond acceptors (Lipinski definition) is 5. The molecule has 1 aliphatic rings.